The molecule has 0 unspecified atom stereocenters. The monoisotopic (exact) mass is 320 g/mol. The molecule has 0 bridgehead atoms. The maximum absolute atomic E-state index is 4.73. The first-order valence-corrected chi connectivity index (χ1v) is 9.30. The second-order valence-electron chi connectivity index (χ2n) is 5.51. The van der Waals surface area contributed by atoms with Gasteiger partial charge in [0.15, 0.2) is 0 Å². The van der Waals surface area contributed by atoms with Crippen LogP contribution >= 0.6 is 23.1 Å². The van der Waals surface area contributed by atoms with Crippen molar-refractivity contribution in [1.29, 1.82) is 0 Å². The van der Waals surface area contributed by atoms with Gasteiger partial charge in [-0.2, -0.15) is 0 Å². The van der Waals surface area contributed by atoms with Crippen LogP contribution in [-0.4, -0.2) is 17.3 Å². The topological polar surface area (TPSA) is 24.9 Å². The molecule has 0 fully saturated rings. The summed E-state index contributed by atoms with van der Waals surface area (Å²) in [6, 6.07) is 8.75. The lowest BCUT2D eigenvalue weighted by atomic mass is 10.2. The summed E-state index contributed by atoms with van der Waals surface area (Å²) in [4.78, 5) is 7.40. The molecule has 1 aromatic carbocycles. The summed E-state index contributed by atoms with van der Waals surface area (Å²) >= 11 is 3.68. The van der Waals surface area contributed by atoms with Crippen LogP contribution in [0.25, 0.3) is 10.6 Å². The maximum atomic E-state index is 4.73. The minimum Gasteiger partial charge on any atom is -0.312 e. The third kappa shape index (κ3) is 4.83. The number of aryl methyl sites for hydroxylation is 1. The molecule has 1 N–H and O–H groups in total. The van der Waals surface area contributed by atoms with E-state index in [0.29, 0.717) is 5.92 Å². The van der Waals surface area contributed by atoms with Gasteiger partial charge in [0.2, 0.25) is 0 Å². The van der Waals surface area contributed by atoms with Crippen LogP contribution in [0, 0.1) is 12.8 Å². The Morgan fingerprint density at radius 3 is 2.57 bits per heavy atom. The summed E-state index contributed by atoms with van der Waals surface area (Å²) < 4.78 is 0. The maximum Gasteiger partial charge on any atom is 0.123 e. The lowest BCUT2D eigenvalue weighted by Crippen LogP contribution is -2.18. The third-order valence-electron chi connectivity index (χ3n) is 3.14. The molecule has 2 aromatic rings. The zero-order valence-electron chi connectivity index (χ0n) is 13.3. The van der Waals surface area contributed by atoms with Gasteiger partial charge in [0.1, 0.15) is 5.01 Å². The quantitative estimate of drug-likeness (QED) is 0.729. The van der Waals surface area contributed by atoms with Crippen molar-refractivity contribution in [1.82, 2.24) is 10.3 Å². The fourth-order valence-electron chi connectivity index (χ4n) is 2.05. The van der Waals surface area contributed by atoms with Gasteiger partial charge in [0.25, 0.3) is 0 Å². The number of nitrogens with zero attached hydrogens (tertiary/aromatic N) is 1. The molecule has 114 valence electrons. The highest BCUT2D eigenvalue weighted by atomic mass is 32.2. The number of thiazole rings is 1. The Morgan fingerprint density at radius 2 is 1.95 bits per heavy atom. The Kier molecular flexibility index (Phi) is 6.27. The molecular weight excluding hydrogens is 296 g/mol. The normalized spacial score (nSPS) is 11.3. The Balaban J connectivity index is 2.06. The Labute approximate surface area is 136 Å². The molecule has 4 heteroatoms. The highest BCUT2D eigenvalue weighted by Crippen LogP contribution is 2.29. The second-order valence-corrected chi connectivity index (χ2v) is 7.93. The average Bonchev–Trinajstić information content (AvgIpc) is 2.81. The third-order valence-corrected chi connectivity index (χ3v) is 5.24. The van der Waals surface area contributed by atoms with Crippen LogP contribution in [0.2, 0.25) is 0 Å². The number of aromatic nitrogens is 1. The fraction of sp³-hybridized carbons (Fsp3) is 0.471. The largest absolute Gasteiger partial charge is 0.312 e. The number of hydrogen-bond acceptors (Lipinski definition) is 4. The highest BCUT2D eigenvalue weighted by molar-refractivity contribution is 7.99. The van der Waals surface area contributed by atoms with E-state index in [9.17, 15) is 0 Å². The predicted molar refractivity (Wildman–Crippen MR) is 95.2 cm³/mol. The van der Waals surface area contributed by atoms with E-state index < -0.39 is 0 Å². The Hall–Kier alpha value is -0.840. The van der Waals surface area contributed by atoms with Crippen molar-refractivity contribution in [3.8, 4) is 10.6 Å². The number of thioether (sulfide) groups is 1. The van der Waals surface area contributed by atoms with E-state index in [2.05, 4.69) is 57.3 Å². The molecule has 0 aliphatic rings. The predicted octanol–water partition coefficient (Wildman–Crippen LogP) is 4.98. The molecule has 2 nitrogen and oxygen atoms in total. The number of benzene rings is 1. The van der Waals surface area contributed by atoms with Crippen molar-refractivity contribution < 1.29 is 0 Å². The molecule has 0 saturated carbocycles. The van der Waals surface area contributed by atoms with Crippen LogP contribution in [0.3, 0.4) is 0 Å². The second kappa shape index (κ2) is 7.97. The first kappa shape index (κ1) is 16.5. The highest BCUT2D eigenvalue weighted by Gasteiger charge is 2.09. The lowest BCUT2D eigenvalue weighted by molar-refractivity contribution is 0.554. The van der Waals surface area contributed by atoms with Gasteiger partial charge in [-0.25, -0.2) is 4.98 Å². The van der Waals surface area contributed by atoms with E-state index in [1.807, 2.05) is 11.8 Å². The average molecular weight is 321 g/mol. The van der Waals surface area contributed by atoms with Gasteiger partial charge in [-0.1, -0.05) is 32.9 Å². The zero-order valence-corrected chi connectivity index (χ0v) is 14.9. The number of nitrogens with one attached hydrogen (secondary N) is 1. The summed E-state index contributed by atoms with van der Waals surface area (Å²) in [5, 5.41) is 4.63. The summed E-state index contributed by atoms with van der Waals surface area (Å²) in [5.74, 6) is 1.79. The van der Waals surface area contributed by atoms with Gasteiger partial charge < -0.3 is 5.32 Å². The lowest BCUT2D eigenvalue weighted by Gasteiger charge is -2.05. The van der Waals surface area contributed by atoms with Crippen LogP contribution in [0.15, 0.2) is 29.2 Å². The minimum absolute atomic E-state index is 0.682. The summed E-state index contributed by atoms with van der Waals surface area (Å²) in [7, 11) is 0. The molecule has 0 aliphatic carbocycles. The fourth-order valence-corrected chi connectivity index (χ4v) is 3.75. The SMILES string of the molecule is CCSc1ccc(-c2nc(C)c(CNCC(C)C)s2)cc1. The molecule has 0 radical (unpaired) electrons. The molecule has 0 aliphatic heterocycles. The van der Waals surface area contributed by atoms with E-state index in [4.69, 9.17) is 4.98 Å². The van der Waals surface area contributed by atoms with E-state index >= 15 is 0 Å². The van der Waals surface area contributed by atoms with Gasteiger partial charge in [-0.3, -0.25) is 0 Å². The summed E-state index contributed by atoms with van der Waals surface area (Å²) in [6.45, 7) is 10.7. The van der Waals surface area contributed by atoms with Crippen molar-refractivity contribution >= 4 is 23.1 Å². The van der Waals surface area contributed by atoms with Gasteiger partial charge in [0.05, 0.1) is 5.69 Å². The van der Waals surface area contributed by atoms with Gasteiger partial charge in [-0.05, 0) is 37.3 Å². The summed E-state index contributed by atoms with van der Waals surface area (Å²) in [6.07, 6.45) is 0. The van der Waals surface area contributed by atoms with Crippen molar-refractivity contribution in [2.45, 2.75) is 39.1 Å². The smallest absolute Gasteiger partial charge is 0.123 e. The van der Waals surface area contributed by atoms with E-state index in [1.165, 1.54) is 15.3 Å². The van der Waals surface area contributed by atoms with E-state index in [-0.39, 0.29) is 0 Å². The van der Waals surface area contributed by atoms with Gasteiger partial charge in [-0.15, -0.1) is 23.1 Å². The van der Waals surface area contributed by atoms with Crippen LogP contribution in [0.4, 0.5) is 0 Å². The van der Waals surface area contributed by atoms with Crippen LogP contribution in [-0.2, 0) is 6.54 Å². The first-order chi connectivity index (χ1) is 10.1. The number of rotatable bonds is 7. The minimum atomic E-state index is 0.682. The molecule has 1 aromatic heterocycles. The van der Waals surface area contributed by atoms with Crippen LogP contribution in [0.1, 0.15) is 31.3 Å². The van der Waals surface area contributed by atoms with Gasteiger partial charge in [0, 0.05) is 21.9 Å². The Bertz CT molecular complexity index is 559. The van der Waals surface area contributed by atoms with Crippen molar-refractivity contribution in [3.63, 3.8) is 0 Å². The zero-order chi connectivity index (χ0) is 15.2. The van der Waals surface area contributed by atoms with Crippen molar-refractivity contribution in [2.24, 2.45) is 5.92 Å². The molecule has 0 saturated heterocycles. The molecule has 2 rings (SSSR count). The standard InChI is InChI=1S/C17H24N2S2/c1-5-20-15-8-6-14(7-9-15)17-19-13(4)16(21-17)11-18-10-12(2)3/h6-9,12,18H,5,10-11H2,1-4H3. The molecule has 0 amide bonds. The molecule has 1 heterocycles. The van der Waals surface area contributed by atoms with E-state index in [0.717, 1.165) is 29.5 Å². The van der Waals surface area contributed by atoms with Crippen LogP contribution < -0.4 is 5.32 Å². The molecular formula is C17H24N2S2. The molecule has 0 spiro atoms. The first-order valence-electron chi connectivity index (χ1n) is 7.50. The van der Waals surface area contributed by atoms with Crippen molar-refractivity contribution in [2.75, 3.05) is 12.3 Å². The Morgan fingerprint density at radius 1 is 1.24 bits per heavy atom. The van der Waals surface area contributed by atoms with E-state index in [1.54, 1.807) is 11.3 Å². The molecule has 0 atom stereocenters. The van der Waals surface area contributed by atoms with Crippen LogP contribution in [0.5, 0.6) is 0 Å². The number of hydrogen-bond donors (Lipinski definition) is 1. The summed E-state index contributed by atoms with van der Waals surface area (Å²) in [5.41, 5.74) is 2.37. The van der Waals surface area contributed by atoms with Gasteiger partial charge >= 0.3 is 0 Å². The molecule has 21 heavy (non-hydrogen) atoms. The van der Waals surface area contributed by atoms with Crippen molar-refractivity contribution in [3.05, 3.63) is 34.8 Å².